The number of hydrogen-bond donors (Lipinski definition) is 3. The van der Waals surface area contributed by atoms with Gasteiger partial charge in [-0.05, 0) is 30.3 Å². The predicted octanol–water partition coefficient (Wildman–Crippen LogP) is 1.24. The molecule has 0 aliphatic rings. The van der Waals surface area contributed by atoms with Gasteiger partial charge in [0.1, 0.15) is 12.7 Å². The predicted molar refractivity (Wildman–Crippen MR) is 108 cm³/mol. The number of carbonyl (C=O) groups excluding carboxylic acids is 1. The summed E-state index contributed by atoms with van der Waals surface area (Å²) in [5, 5.41) is 12.7. The second-order valence-electron chi connectivity index (χ2n) is 6.12. The molecule has 158 valence electrons. The molecule has 1 atom stereocenters. The van der Waals surface area contributed by atoms with Crippen LogP contribution in [0.25, 0.3) is 0 Å². The van der Waals surface area contributed by atoms with Crippen molar-refractivity contribution in [2.45, 2.75) is 6.10 Å². The van der Waals surface area contributed by atoms with E-state index in [1.165, 1.54) is 32.4 Å². The smallest absolute Gasteiger partial charge is 0.251 e. The van der Waals surface area contributed by atoms with Crippen LogP contribution in [0.4, 0.5) is 5.69 Å². The van der Waals surface area contributed by atoms with Gasteiger partial charge in [-0.1, -0.05) is 12.1 Å². The van der Waals surface area contributed by atoms with E-state index in [1.54, 1.807) is 24.3 Å². The average Bonchev–Trinajstić information content (AvgIpc) is 2.68. The summed E-state index contributed by atoms with van der Waals surface area (Å²) in [6.07, 6.45) is 0.0261. The van der Waals surface area contributed by atoms with E-state index in [1.807, 2.05) is 0 Å². The number of anilines is 1. The van der Waals surface area contributed by atoms with E-state index in [4.69, 9.17) is 14.2 Å². The summed E-state index contributed by atoms with van der Waals surface area (Å²) in [5.41, 5.74) is 0.519. The molecule has 1 amide bonds. The lowest BCUT2D eigenvalue weighted by molar-refractivity contribution is 0.0833. The molecule has 9 nitrogen and oxygen atoms in total. The maximum absolute atomic E-state index is 12.3. The third-order valence-corrected chi connectivity index (χ3v) is 4.34. The first-order valence-corrected chi connectivity index (χ1v) is 10.5. The van der Waals surface area contributed by atoms with Crippen LogP contribution < -0.4 is 24.2 Å². The Morgan fingerprint density at radius 2 is 1.72 bits per heavy atom. The molecule has 0 aliphatic heterocycles. The second kappa shape index (κ2) is 9.99. The van der Waals surface area contributed by atoms with Crippen LogP contribution in [0.15, 0.2) is 42.5 Å². The number of aliphatic hydroxyl groups is 1. The normalized spacial score (nSPS) is 12.0. The first-order chi connectivity index (χ1) is 13.7. The van der Waals surface area contributed by atoms with Gasteiger partial charge in [-0.25, -0.2) is 8.42 Å². The fourth-order valence-corrected chi connectivity index (χ4v) is 3.00. The molecule has 0 spiro atoms. The lowest BCUT2D eigenvalue weighted by Gasteiger charge is -2.17. The lowest BCUT2D eigenvalue weighted by Crippen LogP contribution is -2.35. The highest BCUT2D eigenvalue weighted by Gasteiger charge is 2.15. The molecule has 1 unspecified atom stereocenters. The quantitative estimate of drug-likeness (QED) is 0.524. The lowest BCUT2D eigenvalue weighted by atomic mass is 10.2. The Labute approximate surface area is 169 Å². The largest absolute Gasteiger partial charge is 0.493 e. The van der Waals surface area contributed by atoms with Gasteiger partial charge < -0.3 is 24.6 Å². The van der Waals surface area contributed by atoms with E-state index in [9.17, 15) is 18.3 Å². The molecule has 29 heavy (non-hydrogen) atoms. The van der Waals surface area contributed by atoms with Crippen LogP contribution >= 0.6 is 0 Å². The fraction of sp³-hybridized carbons (Fsp3) is 0.316. The number of sulfonamides is 1. The molecule has 0 heterocycles. The van der Waals surface area contributed by atoms with Crippen LogP contribution in [-0.2, 0) is 10.0 Å². The Balaban J connectivity index is 1.92. The maximum Gasteiger partial charge on any atom is 0.251 e. The average molecular weight is 424 g/mol. The number of amides is 1. The van der Waals surface area contributed by atoms with Gasteiger partial charge in [-0.2, -0.15) is 0 Å². The monoisotopic (exact) mass is 424 g/mol. The van der Waals surface area contributed by atoms with Crippen LogP contribution in [0.2, 0.25) is 0 Å². The molecule has 0 radical (unpaired) electrons. The van der Waals surface area contributed by atoms with Crippen LogP contribution in [0.1, 0.15) is 10.4 Å². The molecule has 0 saturated heterocycles. The summed E-state index contributed by atoms with van der Waals surface area (Å²) in [4.78, 5) is 12.3. The van der Waals surface area contributed by atoms with Crippen molar-refractivity contribution in [1.29, 1.82) is 0 Å². The van der Waals surface area contributed by atoms with Crippen LogP contribution in [0.5, 0.6) is 17.2 Å². The number of carbonyl (C=O) groups is 1. The van der Waals surface area contributed by atoms with Crippen molar-refractivity contribution >= 4 is 21.6 Å². The van der Waals surface area contributed by atoms with Crippen molar-refractivity contribution in [2.75, 3.05) is 38.3 Å². The van der Waals surface area contributed by atoms with E-state index >= 15 is 0 Å². The molecular formula is C19H24N2O7S. The first-order valence-electron chi connectivity index (χ1n) is 8.61. The number of hydrogen-bond acceptors (Lipinski definition) is 7. The standard InChI is InChI=1S/C19H24N2O7S/c1-26-16-8-5-9-17(27-2)18(16)28-12-15(22)11-20-19(23)13-6-4-7-14(10-13)21-29(3,24)25/h4-10,15,21-22H,11-12H2,1-3H3,(H,20,23). The molecule has 0 bridgehead atoms. The van der Waals surface area contributed by atoms with Gasteiger partial charge in [-0.15, -0.1) is 0 Å². The van der Waals surface area contributed by atoms with Crippen molar-refractivity contribution in [3.05, 3.63) is 48.0 Å². The Bertz CT molecular complexity index is 925. The highest BCUT2D eigenvalue weighted by molar-refractivity contribution is 7.92. The zero-order chi connectivity index (χ0) is 21.4. The zero-order valence-corrected chi connectivity index (χ0v) is 17.2. The summed E-state index contributed by atoms with van der Waals surface area (Å²) in [7, 11) is -0.467. The molecular weight excluding hydrogens is 400 g/mol. The number of aliphatic hydroxyl groups excluding tert-OH is 1. The van der Waals surface area contributed by atoms with Crippen molar-refractivity contribution in [3.8, 4) is 17.2 Å². The minimum atomic E-state index is -3.45. The molecule has 2 rings (SSSR count). The minimum absolute atomic E-state index is 0.0694. The number of rotatable bonds is 10. The first kappa shape index (κ1) is 22.3. The van der Waals surface area contributed by atoms with Gasteiger partial charge in [0.2, 0.25) is 15.8 Å². The molecule has 0 aliphatic carbocycles. The summed E-state index contributed by atoms with van der Waals surface area (Å²) < 4.78 is 40.9. The number of benzene rings is 2. The van der Waals surface area contributed by atoms with Gasteiger partial charge in [0, 0.05) is 17.8 Å². The molecule has 0 fully saturated rings. The molecule has 0 saturated carbocycles. The Kier molecular flexibility index (Phi) is 7.68. The Morgan fingerprint density at radius 1 is 1.10 bits per heavy atom. The van der Waals surface area contributed by atoms with Gasteiger partial charge in [-0.3, -0.25) is 9.52 Å². The Morgan fingerprint density at radius 3 is 2.31 bits per heavy atom. The third kappa shape index (κ3) is 6.84. The number of methoxy groups -OCH3 is 2. The number of para-hydroxylation sites is 1. The molecule has 2 aromatic carbocycles. The van der Waals surface area contributed by atoms with Crippen molar-refractivity contribution in [3.63, 3.8) is 0 Å². The van der Waals surface area contributed by atoms with Crippen molar-refractivity contribution in [2.24, 2.45) is 0 Å². The summed E-state index contributed by atoms with van der Waals surface area (Å²) in [6, 6.07) is 11.2. The topological polar surface area (TPSA) is 123 Å². The number of nitrogens with one attached hydrogen (secondary N) is 2. The van der Waals surface area contributed by atoms with Crippen molar-refractivity contribution < 1.29 is 32.5 Å². The minimum Gasteiger partial charge on any atom is -0.493 e. The summed E-state index contributed by atoms with van der Waals surface area (Å²) in [6.45, 7) is -0.174. The SMILES string of the molecule is COc1cccc(OC)c1OCC(O)CNC(=O)c1cccc(NS(C)(=O)=O)c1. The molecule has 3 N–H and O–H groups in total. The molecule has 0 aromatic heterocycles. The van der Waals surface area contributed by atoms with Crippen LogP contribution in [0.3, 0.4) is 0 Å². The van der Waals surface area contributed by atoms with E-state index in [-0.39, 0.29) is 24.4 Å². The van der Waals surface area contributed by atoms with Gasteiger partial charge in [0.05, 0.1) is 20.5 Å². The number of ether oxygens (including phenoxy) is 3. The fourth-order valence-electron chi connectivity index (χ4n) is 2.45. The van der Waals surface area contributed by atoms with E-state index in [0.717, 1.165) is 6.26 Å². The third-order valence-electron chi connectivity index (χ3n) is 3.73. The van der Waals surface area contributed by atoms with Crippen LogP contribution in [0, 0.1) is 0 Å². The Hall–Kier alpha value is -2.98. The van der Waals surface area contributed by atoms with Gasteiger partial charge in [0.15, 0.2) is 11.5 Å². The van der Waals surface area contributed by atoms with E-state index in [0.29, 0.717) is 17.2 Å². The van der Waals surface area contributed by atoms with Gasteiger partial charge >= 0.3 is 0 Å². The highest BCUT2D eigenvalue weighted by atomic mass is 32.2. The summed E-state index contributed by atoms with van der Waals surface area (Å²) in [5.74, 6) is 0.796. The molecule has 10 heteroatoms. The summed E-state index contributed by atoms with van der Waals surface area (Å²) >= 11 is 0. The second-order valence-corrected chi connectivity index (χ2v) is 7.87. The zero-order valence-electron chi connectivity index (χ0n) is 16.3. The van der Waals surface area contributed by atoms with Crippen molar-refractivity contribution in [1.82, 2.24) is 5.32 Å². The van der Waals surface area contributed by atoms with Gasteiger partial charge in [0.25, 0.3) is 5.91 Å². The maximum atomic E-state index is 12.3. The molecule has 2 aromatic rings. The van der Waals surface area contributed by atoms with E-state index in [2.05, 4.69) is 10.0 Å². The highest BCUT2D eigenvalue weighted by Crippen LogP contribution is 2.36. The van der Waals surface area contributed by atoms with Crippen LogP contribution in [-0.4, -0.2) is 59.2 Å². The van der Waals surface area contributed by atoms with E-state index < -0.39 is 22.0 Å².